The molecule has 2 rings (SSSR count). The van der Waals surface area contributed by atoms with E-state index in [0.717, 1.165) is 5.56 Å². The predicted molar refractivity (Wildman–Crippen MR) is 84.1 cm³/mol. The number of nitriles is 1. The highest BCUT2D eigenvalue weighted by Gasteiger charge is 2.18. The highest BCUT2D eigenvalue weighted by molar-refractivity contribution is 5.64. The van der Waals surface area contributed by atoms with Crippen molar-refractivity contribution >= 4 is 11.4 Å². The van der Waals surface area contributed by atoms with Crippen LogP contribution in [0, 0.1) is 21.4 Å². The smallest absolute Gasteiger partial charge is 0.293 e. The predicted octanol–water partition coefficient (Wildman–Crippen LogP) is 2.19. The molecule has 0 saturated heterocycles. The largest absolute Gasteiger partial charge is 0.508 e. The molecule has 118 valence electrons. The molecule has 0 saturated carbocycles. The summed E-state index contributed by atoms with van der Waals surface area (Å²) in [4.78, 5) is 10.6. The number of phenols is 1. The van der Waals surface area contributed by atoms with E-state index in [1.165, 1.54) is 30.3 Å². The van der Waals surface area contributed by atoms with Crippen molar-refractivity contribution in [1.82, 2.24) is 0 Å². The lowest BCUT2D eigenvalue weighted by molar-refractivity contribution is -0.384. The van der Waals surface area contributed by atoms with E-state index in [2.05, 4.69) is 5.32 Å². The van der Waals surface area contributed by atoms with Crippen LogP contribution in [0.1, 0.15) is 11.1 Å². The Morgan fingerprint density at radius 2 is 1.96 bits per heavy atom. The molecule has 2 aromatic carbocycles. The Hall–Kier alpha value is -3.11. The zero-order valence-electron chi connectivity index (χ0n) is 12.1. The molecule has 3 N–H and O–H groups in total. The molecule has 0 heterocycles. The van der Waals surface area contributed by atoms with E-state index in [0.29, 0.717) is 6.42 Å². The van der Waals surface area contributed by atoms with Gasteiger partial charge in [0.05, 0.1) is 29.2 Å². The van der Waals surface area contributed by atoms with Crippen molar-refractivity contribution in [1.29, 1.82) is 5.26 Å². The normalized spacial score (nSPS) is 11.5. The summed E-state index contributed by atoms with van der Waals surface area (Å²) in [5, 5.41) is 41.6. The fraction of sp³-hybridized carbons (Fsp3) is 0.188. The van der Waals surface area contributed by atoms with Crippen LogP contribution in [0.15, 0.2) is 42.5 Å². The first-order chi connectivity index (χ1) is 11.0. The third-order valence-corrected chi connectivity index (χ3v) is 3.32. The van der Waals surface area contributed by atoms with Crippen molar-refractivity contribution in [3.63, 3.8) is 0 Å². The first-order valence-electron chi connectivity index (χ1n) is 6.87. The molecule has 0 spiro atoms. The summed E-state index contributed by atoms with van der Waals surface area (Å²) >= 11 is 0. The van der Waals surface area contributed by atoms with Crippen LogP contribution in [0.4, 0.5) is 11.4 Å². The quantitative estimate of drug-likeness (QED) is 0.555. The number of benzene rings is 2. The van der Waals surface area contributed by atoms with Crippen molar-refractivity contribution in [2.45, 2.75) is 12.5 Å². The second-order valence-corrected chi connectivity index (χ2v) is 5.00. The molecule has 1 atom stereocenters. The summed E-state index contributed by atoms with van der Waals surface area (Å²) in [7, 11) is 0. The van der Waals surface area contributed by atoms with Gasteiger partial charge in [0, 0.05) is 6.07 Å². The Labute approximate surface area is 132 Å². The monoisotopic (exact) mass is 313 g/mol. The van der Waals surface area contributed by atoms with Crippen LogP contribution in [0.5, 0.6) is 5.75 Å². The molecule has 0 fully saturated rings. The van der Waals surface area contributed by atoms with Crippen molar-refractivity contribution in [3.05, 3.63) is 63.7 Å². The van der Waals surface area contributed by atoms with Crippen LogP contribution in [0.3, 0.4) is 0 Å². The number of anilines is 1. The van der Waals surface area contributed by atoms with Gasteiger partial charge in [-0.25, -0.2) is 0 Å². The summed E-state index contributed by atoms with van der Waals surface area (Å²) in [5.41, 5.74) is 1.09. The highest BCUT2D eigenvalue weighted by Crippen LogP contribution is 2.26. The van der Waals surface area contributed by atoms with Crippen LogP contribution in [-0.2, 0) is 6.42 Å². The number of hydrogen-bond acceptors (Lipinski definition) is 6. The van der Waals surface area contributed by atoms with E-state index in [1.807, 2.05) is 6.07 Å². The molecule has 0 unspecified atom stereocenters. The summed E-state index contributed by atoms with van der Waals surface area (Å²) in [6, 6.07) is 12.0. The van der Waals surface area contributed by atoms with Gasteiger partial charge in [0.25, 0.3) is 5.69 Å². The molecule has 7 nitrogen and oxygen atoms in total. The van der Waals surface area contributed by atoms with E-state index in [-0.39, 0.29) is 29.3 Å². The number of aliphatic hydroxyl groups excluding tert-OH is 1. The van der Waals surface area contributed by atoms with Crippen molar-refractivity contribution in [3.8, 4) is 11.8 Å². The molecule has 0 aliphatic carbocycles. The lowest BCUT2D eigenvalue weighted by atomic mass is 10.1. The van der Waals surface area contributed by atoms with Gasteiger partial charge in [-0.15, -0.1) is 0 Å². The Morgan fingerprint density at radius 1 is 1.26 bits per heavy atom. The van der Waals surface area contributed by atoms with E-state index in [1.54, 1.807) is 12.1 Å². The number of nitro benzene ring substituents is 1. The van der Waals surface area contributed by atoms with Gasteiger partial charge in [0.1, 0.15) is 11.4 Å². The molecule has 0 aliphatic heterocycles. The summed E-state index contributed by atoms with van der Waals surface area (Å²) in [6.45, 7) is -0.224. The van der Waals surface area contributed by atoms with Gasteiger partial charge in [-0.3, -0.25) is 10.1 Å². The van der Waals surface area contributed by atoms with E-state index < -0.39 is 11.0 Å². The Morgan fingerprint density at radius 3 is 2.52 bits per heavy atom. The molecular weight excluding hydrogens is 298 g/mol. The van der Waals surface area contributed by atoms with E-state index in [9.17, 15) is 20.3 Å². The minimum atomic E-state index is -0.571. The van der Waals surface area contributed by atoms with Crippen LogP contribution in [0.2, 0.25) is 0 Å². The van der Waals surface area contributed by atoms with Gasteiger partial charge in [0.15, 0.2) is 0 Å². The SMILES string of the molecule is N#Cc1ccc(N[C@H](CO)Cc2ccc(O)cc2)c([N+](=O)[O-])c1. The third-order valence-electron chi connectivity index (χ3n) is 3.32. The lowest BCUT2D eigenvalue weighted by Gasteiger charge is -2.18. The van der Waals surface area contributed by atoms with E-state index in [4.69, 9.17) is 5.26 Å². The lowest BCUT2D eigenvalue weighted by Crippen LogP contribution is -2.26. The summed E-state index contributed by atoms with van der Waals surface area (Å²) in [5.74, 6) is 0.144. The maximum absolute atomic E-state index is 11.1. The second-order valence-electron chi connectivity index (χ2n) is 5.00. The average molecular weight is 313 g/mol. The molecule has 0 amide bonds. The molecule has 2 aromatic rings. The average Bonchev–Trinajstić information content (AvgIpc) is 2.56. The maximum Gasteiger partial charge on any atom is 0.293 e. The van der Waals surface area contributed by atoms with Crippen LogP contribution >= 0.6 is 0 Å². The van der Waals surface area contributed by atoms with Crippen molar-refractivity contribution in [2.75, 3.05) is 11.9 Å². The highest BCUT2D eigenvalue weighted by atomic mass is 16.6. The number of hydrogen-bond donors (Lipinski definition) is 3. The minimum Gasteiger partial charge on any atom is -0.508 e. The Bertz CT molecular complexity index is 738. The molecule has 0 aromatic heterocycles. The first kappa shape index (κ1) is 16.3. The van der Waals surface area contributed by atoms with Gasteiger partial charge >= 0.3 is 0 Å². The van der Waals surface area contributed by atoms with Gasteiger partial charge in [-0.1, -0.05) is 12.1 Å². The number of phenolic OH excluding ortho intramolecular Hbond substituents is 1. The number of nitrogens with one attached hydrogen (secondary N) is 1. The van der Waals surface area contributed by atoms with Gasteiger partial charge in [0.2, 0.25) is 0 Å². The molecule has 0 radical (unpaired) electrons. The standard InChI is InChI=1S/C16H15N3O4/c17-9-12-3-6-15(16(8-12)19(22)23)18-13(10-20)7-11-1-4-14(21)5-2-11/h1-6,8,13,18,20-21H,7,10H2/t13-/m0/s1. The second kappa shape index (κ2) is 7.24. The molecule has 0 bridgehead atoms. The molecule has 0 aliphatic rings. The van der Waals surface area contributed by atoms with Gasteiger partial charge in [-0.05, 0) is 36.2 Å². The first-order valence-corrected chi connectivity index (χ1v) is 6.87. The minimum absolute atomic E-state index is 0.144. The Balaban J connectivity index is 2.20. The number of aliphatic hydroxyl groups is 1. The molecular formula is C16H15N3O4. The number of rotatable bonds is 6. The van der Waals surface area contributed by atoms with Crippen molar-refractivity contribution < 1.29 is 15.1 Å². The van der Waals surface area contributed by atoms with Crippen LogP contribution < -0.4 is 5.32 Å². The van der Waals surface area contributed by atoms with E-state index >= 15 is 0 Å². The topological polar surface area (TPSA) is 119 Å². The van der Waals surface area contributed by atoms with Gasteiger partial charge in [-0.2, -0.15) is 5.26 Å². The fourth-order valence-electron chi connectivity index (χ4n) is 2.17. The zero-order valence-corrected chi connectivity index (χ0v) is 12.1. The van der Waals surface area contributed by atoms with Crippen molar-refractivity contribution in [2.24, 2.45) is 0 Å². The molecule has 23 heavy (non-hydrogen) atoms. The number of nitrogens with zero attached hydrogens (tertiary/aromatic N) is 2. The maximum atomic E-state index is 11.1. The van der Waals surface area contributed by atoms with Crippen LogP contribution in [0.25, 0.3) is 0 Å². The Kier molecular flexibility index (Phi) is 5.12. The molecule has 7 heteroatoms. The zero-order chi connectivity index (χ0) is 16.8. The van der Waals surface area contributed by atoms with Gasteiger partial charge < -0.3 is 15.5 Å². The summed E-state index contributed by atoms with van der Waals surface area (Å²) in [6.07, 6.45) is 0.425. The fourth-order valence-corrected chi connectivity index (χ4v) is 2.17. The third kappa shape index (κ3) is 4.18. The summed E-state index contributed by atoms with van der Waals surface area (Å²) < 4.78 is 0. The van der Waals surface area contributed by atoms with Crippen LogP contribution in [-0.4, -0.2) is 27.8 Å². The number of nitro groups is 1. The number of aromatic hydroxyl groups is 1.